The predicted molar refractivity (Wildman–Crippen MR) is 77.0 cm³/mol. The number of amides is 1. The Morgan fingerprint density at radius 3 is 2.78 bits per heavy atom. The second kappa shape index (κ2) is 7.24. The summed E-state index contributed by atoms with van der Waals surface area (Å²) < 4.78 is 5.47. The summed E-state index contributed by atoms with van der Waals surface area (Å²) in [5, 5.41) is 0. The summed E-state index contributed by atoms with van der Waals surface area (Å²) in [6, 6.07) is 0.310. The number of thioether (sulfide) groups is 1. The molecule has 1 saturated heterocycles. The Kier molecular flexibility index (Phi) is 6.29. The van der Waals surface area contributed by atoms with Crippen molar-refractivity contribution in [2.75, 3.05) is 24.6 Å². The summed E-state index contributed by atoms with van der Waals surface area (Å²) in [7, 11) is 0. The van der Waals surface area contributed by atoms with Crippen LogP contribution < -0.4 is 5.73 Å². The lowest BCUT2D eigenvalue weighted by atomic mass is 10.0. The fourth-order valence-electron chi connectivity index (χ4n) is 2.04. The van der Waals surface area contributed by atoms with Gasteiger partial charge in [-0.1, -0.05) is 0 Å². The molecule has 0 saturated carbocycles. The number of carbonyl (C=O) groups is 1. The molecule has 2 N–H and O–H groups in total. The summed E-state index contributed by atoms with van der Waals surface area (Å²) in [5.74, 6) is 1.93. The van der Waals surface area contributed by atoms with Crippen LogP contribution in [0.25, 0.3) is 0 Å². The van der Waals surface area contributed by atoms with Crippen molar-refractivity contribution in [3.63, 3.8) is 0 Å². The molecule has 0 unspecified atom stereocenters. The molecule has 1 heterocycles. The van der Waals surface area contributed by atoms with Crippen LogP contribution in [0.15, 0.2) is 0 Å². The number of hydrogen-bond acceptors (Lipinski definition) is 4. The molecule has 0 bridgehead atoms. The van der Waals surface area contributed by atoms with Gasteiger partial charge in [-0.25, -0.2) is 4.79 Å². The minimum absolute atomic E-state index is 0.166. The molecule has 0 spiro atoms. The van der Waals surface area contributed by atoms with Gasteiger partial charge in [0.15, 0.2) is 0 Å². The Labute approximate surface area is 115 Å². The summed E-state index contributed by atoms with van der Waals surface area (Å²) >= 11 is 1.82. The van der Waals surface area contributed by atoms with Gasteiger partial charge in [0.25, 0.3) is 0 Å². The van der Waals surface area contributed by atoms with Gasteiger partial charge >= 0.3 is 6.09 Å². The average Bonchev–Trinajstić information content (AvgIpc) is 2.27. The van der Waals surface area contributed by atoms with E-state index in [2.05, 4.69) is 0 Å². The van der Waals surface area contributed by atoms with Gasteiger partial charge in [0.05, 0.1) is 0 Å². The maximum atomic E-state index is 12.1. The van der Waals surface area contributed by atoms with Crippen molar-refractivity contribution in [2.45, 2.75) is 51.7 Å². The molecule has 4 nitrogen and oxygen atoms in total. The molecule has 0 aromatic heterocycles. The monoisotopic (exact) mass is 274 g/mol. The zero-order chi connectivity index (χ0) is 13.6. The Morgan fingerprint density at radius 2 is 2.17 bits per heavy atom. The van der Waals surface area contributed by atoms with E-state index < -0.39 is 5.60 Å². The van der Waals surface area contributed by atoms with Crippen LogP contribution in [-0.2, 0) is 4.74 Å². The van der Waals surface area contributed by atoms with Gasteiger partial charge in [0.2, 0.25) is 0 Å². The molecule has 1 amide bonds. The van der Waals surface area contributed by atoms with Crippen molar-refractivity contribution in [3.8, 4) is 0 Å². The molecule has 106 valence electrons. The number of hydrogen-bond donors (Lipinski definition) is 1. The Bertz CT molecular complexity index is 266. The summed E-state index contributed by atoms with van der Waals surface area (Å²) in [4.78, 5) is 14.0. The first-order valence-corrected chi connectivity index (χ1v) is 7.87. The maximum Gasteiger partial charge on any atom is 0.410 e. The van der Waals surface area contributed by atoms with Crippen LogP contribution in [-0.4, -0.2) is 47.2 Å². The fourth-order valence-corrected chi connectivity index (χ4v) is 2.99. The SMILES string of the molecule is CC(C)(C)OC(=O)N1CCCC[C@@H]1CSCCN. The number of nitrogens with zero attached hydrogens (tertiary/aromatic N) is 1. The van der Waals surface area contributed by atoms with Crippen LogP contribution in [0.5, 0.6) is 0 Å². The lowest BCUT2D eigenvalue weighted by Gasteiger charge is -2.36. The fraction of sp³-hybridized carbons (Fsp3) is 0.923. The zero-order valence-corrected chi connectivity index (χ0v) is 12.6. The molecule has 0 aromatic carbocycles. The van der Waals surface area contributed by atoms with E-state index in [1.807, 2.05) is 37.4 Å². The number of rotatable bonds is 4. The number of likely N-dealkylation sites (tertiary alicyclic amines) is 1. The maximum absolute atomic E-state index is 12.1. The quantitative estimate of drug-likeness (QED) is 0.800. The van der Waals surface area contributed by atoms with Crippen molar-refractivity contribution in [2.24, 2.45) is 5.73 Å². The Hall–Kier alpha value is -0.420. The lowest BCUT2D eigenvalue weighted by molar-refractivity contribution is 0.0126. The van der Waals surface area contributed by atoms with Crippen LogP contribution in [0, 0.1) is 0 Å². The molecular formula is C13H26N2O2S. The number of nitrogens with two attached hydrogens (primary N) is 1. The molecule has 1 fully saturated rings. The molecule has 0 aliphatic carbocycles. The Morgan fingerprint density at radius 1 is 1.44 bits per heavy atom. The van der Waals surface area contributed by atoms with Crippen LogP contribution in [0.2, 0.25) is 0 Å². The highest BCUT2D eigenvalue weighted by Gasteiger charge is 2.30. The molecule has 0 radical (unpaired) electrons. The van der Waals surface area contributed by atoms with Gasteiger partial charge in [0, 0.05) is 30.6 Å². The minimum atomic E-state index is -0.413. The van der Waals surface area contributed by atoms with Crippen LogP contribution in [0.1, 0.15) is 40.0 Å². The third kappa shape index (κ3) is 5.48. The van der Waals surface area contributed by atoms with E-state index in [-0.39, 0.29) is 6.09 Å². The lowest BCUT2D eigenvalue weighted by Crippen LogP contribution is -2.47. The molecule has 1 aliphatic rings. The standard InChI is InChI=1S/C13H26N2O2S/c1-13(2,3)17-12(16)15-8-5-4-6-11(15)10-18-9-7-14/h11H,4-10,14H2,1-3H3/t11-/m1/s1. The van der Waals surface area contributed by atoms with Gasteiger partial charge < -0.3 is 15.4 Å². The minimum Gasteiger partial charge on any atom is -0.444 e. The first-order chi connectivity index (χ1) is 8.44. The van der Waals surface area contributed by atoms with Crippen LogP contribution >= 0.6 is 11.8 Å². The van der Waals surface area contributed by atoms with E-state index in [0.29, 0.717) is 12.6 Å². The first-order valence-electron chi connectivity index (χ1n) is 6.71. The normalized spacial score (nSPS) is 20.9. The second-order valence-electron chi connectivity index (χ2n) is 5.69. The highest BCUT2D eigenvalue weighted by atomic mass is 32.2. The van der Waals surface area contributed by atoms with Gasteiger partial charge in [0.1, 0.15) is 5.60 Å². The third-order valence-electron chi connectivity index (χ3n) is 2.83. The van der Waals surface area contributed by atoms with Crippen molar-refractivity contribution < 1.29 is 9.53 Å². The van der Waals surface area contributed by atoms with Crippen LogP contribution in [0.4, 0.5) is 4.79 Å². The first kappa shape index (κ1) is 15.6. The van der Waals surface area contributed by atoms with E-state index in [1.165, 1.54) is 6.42 Å². The smallest absolute Gasteiger partial charge is 0.410 e. The van der Waals surface area contributed by atoms with Crippen molar-refractivity contribution >= 4 is 17.9 Å². The zero-order valence-electron chi connectivity index (χ0n) is 11.8. The van der Waals surface area contributed by atoms with Crippen molar-refractivity contribution in [1.82, 2.24) is 4.90 Å². The summed E-state index contributed by atoms with van der Waals surface area (Å²) in [6.45, 7) is 7.25. The molecule has 1 aliphatic heterocycles. The van der Waals surface area contributed by atoms with Gasteiger partial charge in [-0.3, -0.25) is 0 Å². The average molecular weight is 274 g/mol. The van der Waals surface area contributed by atoms with E-state index in [0.717, 1.165) is 30.9 Å². The number of carbonyl (C=O) groups excluding carboxylic acids is 1. The summed E-state index contributed by atoms with van der Waals surface area (Å²) in [5.41, 5.74) is 5.08. The highest BCUT2D eigenvalue weighted by molar-refractivity contribution is 7.99. The van der Waals surface area contributed by atoms with Gasteiger partial charge in [-0.2, -0.15) is 11.8 Å². The topological polar surface area (TPSA) is 55.6 Å². The van der Waals surface area contributed by atoms with E-state index >= 15 is 0 Å². The highest BCUT2D eigenvalue weighted by Crippen LogP contribution is 2.23. The van der Waals surface area contributed by atoms with Gasteiger partial charge in [-0.15, -0.1) is 0 Å². The molecule has 0 aromatic rings. The predicted octanol–water partition coefficient (Wildman–Crippen LogP) is 2.47. The molecular weight excluding hydrogens is 248 g/mol. The second-order valence-corrected chi connectivity index (χ2v) is 6.84. The van der Waals surface area contributed by atoms with Crippen LogP contribution in [0.3, 0.4) is 0 Å². The molecule has 1 atom stereocenters. The molecule has 1 rings (SSSR count). The Balaban J connectivity index is 2.50. The van der Waals surface area contributed by atoms with Gasteiger partial charge in [-0.05, 0) is 40.0 Å². The number of ether oxygens (including phenoxy) is 1. The van der Waals surface area contributed by atoms with Crippen molar-refractivity contribution in [1.29, 1.82) is 0 Å². The molecule has 18 heavy (non-hydrogen) atoms. The third-order valence-corrected chi connectivity index (χ3v) is 3.97. The van der Waals surface area contributed by atoms with E-state index in [4.69, 9.17) is 10.5 Å². The summed E-state index contributed by atoms with van der Waals surface area (Å²) in [6.07, 6.45) is 3.20. The van der Waals surface area contributed by atoms with E-state index in [9.17, 15) is 4.79 Å². The molecule has 5 heteroatoms. The number of piperidine rings is 1. The van der Waals surface area contributed by atoms with Crippen molar-refractivity contribution in [3.05, 3.63) is 0 Å². The van der Waals surface area contributed by atoms with E-state index in [1.54, 1.807) is 0 Å². The largest absolute Gasteiger partial charge is 0.444 e.